The van der Waals surface area contributed by atoms with Gasteiger partial charge in [-0.15, -0.1) is 0 Å². The maximum atomic E-state index is 15.2. The molecule has 11 rings (SSSR count). The van der Waals surface area contributed by atoms with E-state index in [9.17, 15) is 0 Å². The highest BCUT2D eigenvalue weighted by Gasteiger charge is 2.36. The van der Waals surface area contributed by atoms with Crippen LogP contribution in [-0.2, 0) is 30.8 Å². The summed E-state index contributed by atoms with van der Waals surface area (Å²) in [5.74, 6) is 0.923. The Balaban J connectivity index is 0.000000176. The Morgan fingerprint density at radius 3 is 0.740 bits per heavy atom. The van der Waals surface area contributed by atoms with Crippen molar-refractivity contribution in [1.82, 2.24) is 0 Å². The minimum atomic E-state index is -3.32. The van der Waals surface area contributed by atoms with Crippen LogP contribution in [0.1, 0.15) is 105 Å². The third-order valence-electron chi connectivity index (χ3n) is 15.3. The predicted octanol–water partition coefficient (Wildman–Crippen LogP) is 17.7. The molecule has 0 spiro atoms. The lowest BCUT2D eigenvalue weighted by atomic mass is 9.76. The van der Waals surface area contributed by atoms with Crippen LogP contribution in [0.4, 0.5) is 0 Å². The molecule has 0 bridgehead atoms. The summed E-state index contributed by atoms with van der Waals surface area (Å²) < 4.78 is 37.1. The molecular formula is C72H72O3P2. The summed E-state index contributed by atoms with van der Waals surface area (Å²) >= 11 is 0. The molecule has 0 aliphatic carbocycles. The molecule has 11 aromatic rings. The summed E-state index contributed by atoms with van der Waals surface area (Å²) in [6, 6.07) is 72.8. The van der Waals surface area contributed by atoms with Crippen LogP contribution < -0.4 is 36.6 Å². The van der Waals surface area contributed by atoms with Gasteiger partial charge in [-0.1, -0.05) is 253 Å². The van der Waals surface area contributed by atoms with E-state index in [2.05, 4.69) is 132 Å². The SMILES string of the molecule is CC(C)(C)c1cc2cc(C(C)(C)C)cc3c4cc(C(C)(C)C)cc5cc(C(C)(C)C)cc(c(c1)c23)c54.O=P(c1ccccc1)(c1ccccc1)c1ccccc1Oc1ccccc1P(=O)(c1ccccc1)c1ccccc1. The average molecular weight is 1050 g/mol. The zero-order valence-corrected chi connectivity index (χ0v) is 48.7. The lowest BCUT2D eigenvalue weighted by Crippen LogP contribution is -2.27. The molecule has 3 nitrogen and oxygen atoms in total. The average Bonchev–Trinajstić information content (AvgIpc) is 3.48. The standard InChI is InChI=1S/C36H28O3P2.C36H44/c37-40(29-17-5-1-6-18-29,30-19-7-2-8-20-30)35-27-15-13-25-33(35)39-34-26-14-16-28-36(34)41(38,31-21-9-3-10-22-31)32-23-11-4-12-24-32;1-33(2,3)23-13-21-14-24(34(4,5)6)19-29-30-20-26(36(10,11)12)16-22-15-25(35(7,8)9)18-28(32(22)30)27(17-23)31(21)29/h1-28H;13-20H,1-12H3. The van der Waals surface area contributed by atoms with E-state index < -0.39 is 14.3 Å². The minimum Gasteiger partial charge on any atom is -0.456 e. The molecule has 0 aliphatic rings. The van der Waals surface area contributed by atoms with Crippen molar-refractivity contribution in [2.75, 3.05) is 0 Å². The first kappa shape index (κ1) is 53.4. The fourth-order valence-electron chi connectivity index (χ4n) is 10.7. The second kappa shape index (κ2) is 20.1. The first-order valence-electron chi connectivity index (χ1n) is 27.0. The highest BCUT2D eigenvalue weighted by atomic mass is 31.2. The number of ether oxygens (including phenoxy) is 1. The van der Waals surface area contributed by atoms with Crippen molar-refractivity contribution in [3.05, 3.63) is 241 Å². The minimum absolute atomic E-state index is 0.0830. The molecule has 0 N–H and O–H groups in total. The van der Waals surface area contributed by atoms with Crippen LogP contribution in [0.15, 0.2) is 218 Å². The second-order valence-corrected chi connectivity index (χ2v) is 30.4. The number of rotatable bonds is 8. The third kappa shape index (κ3) is 10.1. The van der Waals surface area contributed by atoms with Gasteiger partial charge in [-0.3, -0.25) is 0 Å². The van der Waals surface area contributed by atoms with Crippen LogP contribution in [-0.4, -0.2) is 0 Å². The third-order valence-corrected chi connectivity index (χ3v) is 21.4. The van der Waals surface area contributed by atoms with Gasteiger partial charge in [0.05, 0.1) is 10.6 Å². The van der Waals surface area contributed by atoms with E-state index in [1.807, 2.05) is 170 Å². The van der Waals surface area contributed by atoms with Gasteiger partial charge in [0.25, 0.3) is 0 Å². The van der Waals surface area contributed by atoms with Crippen molar-refractivity contribution < 1.29 is 13.9 Å². The van der Waals surface area contributed by atoms with E-state index in [-0.39, 0.29) is 21.7 Å². The maximum Gasteiger partial charge on any atom is 0.174 e. The molecule has 0 amide bonds. The maximum absolute atomic E-state index is 15.2. The van der Waals surface area contributed by atoms with Crippen molar-refractivity contribution in [2.45, 2.75) is 105 Å². The smallest absolute Gasteiger partial charge is 0.174 e. The molecule has 0 radical (unpaired) electrons. The highest BCUT2D eigenvalue weighted by Crippen LogP contribution is 2.50. The van der Waals surface area contributed by atoms with Crippen LogP contribution in [0.2, 0.25) is 0 Å². The van der Waals surface area contributed by atoms with Gasteiger partial charge in [-0.25, -0.2) is 0 Å². The zero-order valence-electron chi connectivity index (χ0n) is 46.9. The Labute approximate surface area is 457 Å². The highest BCUT2D eigenvalue weighted by molar-refractivity contribution is 7.86. The molecule has 0 fully saturated rings. The quantitative estimate of drug-likeness (QED) is 0.0865. The molecule has 0 unspecified atom stereocenters. The fraction of sp³-hybridized carbons (Fsp3) is 0.222. The van der Waals surface area contributed by atoms with Gasteiger partial charge in [0, 0.05) is 21.2 Å². The molecule has 0 aromatic heterocycles. The molecule has 0 heterocycles. The van der Waals surface area contributed by atoms with Crippen LogP contribution >= 0.6 is 14.3 Å². The van der Waals surface area contributed by atoms with E-state index in [0.29, 0.717) is 22.1 Å². The van der Waals surface area contributed by atoms with Gasteiger partial charge in [0.15, 0.2) is 14.3 Å². The van der Waals surface area contributed by atoms with Crippen LogP contribution in [0.3, 0.4) is 0 Å². The molecule has 11 aromatic carbocycles. The van der Waals surface area contributed by atoms with Crippen molar-refractivity contribution in [2.24, 2.45) is 0 Å². The first-order valence-corrected chi connectivity index (χ1v) is 30.4. The van der Waals surface area contributed by atoms with Crippen LogP contribution in [0.5, 0.6) is 11.5 Å². The second-order valence-electron chi connectivity index (χ2n) is 24.9. The van der Waals surface area contributed by atoms with E-state index in [1.165, 1.54) is 65.3 Å². The number of fused-ring (bicyclic) bond motifs is 2. The van der Waals surface area contributed by atoms with Gasteiger partial charge >= 0.3 is 0 Å². The number of hydrogen-bond acceptors (Lipinski definition) is 3. The molecule has 77 heavy (non-hydrogen) atoms. The fourth-order valence-corrected chi connectivity index (χ4v) is 16.3. The molecule has 0 saturated carbocycles. The zero-order chi connectivity index (χ0) is 54.7. The summed E-state index contributed by atoms with van der Waals surface area (Å²) in [6.07, 6.45) is 0. The molecular weight excluding hydrogens is 975 g/mol. The molecule has 388 valence electrons. The van der Waals surface area contributed by atoms with Gasteiger partial charge in [-0.05, 0) is 136 Å². The first-order chi connectivity index (χ1) is 36.5. The monoisotopic (exact) mass is 1050 g/mol. The summed E-state index contributed by atoms with van der Waals surface area (Å²) in [5, 5.41) is 15.2. The summed E-state index contributed by atoms with van der Waals surface area (Å²) in [6.45, 7) is 28.0. The van der Waals surface area contributed by atoms with Gasteiger partial charge in [-0.2, -0.15) is 0 Å². The molecule has 0 aliphatic heterocycles. The van der Waals surface area contributed by atoms with E-state index in [4.69, 9.17) is 4.74 Å². The topological polar surface area (TPSA) is 43.4 Å². The lowest BCUT2D eigenvalue weighted by Gasteiger charge is -2.28. The Morgan fingerprint density at radius 2 is 0.506 bits per heavy atom. The molecule has 5 heteroatoms. The van der Waals surface area contributed by atoms with Crippen LogP contribution in [0, 0.1) is 0 Å². The number of para-hydroxylation sites is 2. The molecule has 0 atom stereocenters. The number of benzene rings is 11. The predicted molar refractivity (Wildman–Crippen MR) is 334 cm³/mol. The number of hydrogen-bond donors (Lipinski definition) is 0. The van der Waals surface area contributed by atoms with E-state index in [1.54, 1.807) is 0 Å². The molecule has 0 saturated heterocycles. The van der Waals surface area contributed by atoms with Crippen molar-refractivity contribution in [1.29, 1.82) is 0 Å². The van der Waals surface area contributed by atoms with Gasteiger partial charge in [0.2, 0.25) is 0 Å². The van der Waals surface area contributed by atoms with E-state index >= 15 is 9.13 Å². The Morgan fingerprint density at radius 1 is 0.286 bits per heavy atom. The largest absolute Gasteiger partial charge is 0.456 e. The summed E-state index contributed by atoms with van der Waals surface area (Å²) in [4.78, 5) is 0. The van der Waals surface area contributed by atoms with Crippen molar-refractivity contribution in [3.63, 3.8) is 0 Å². The Hall–Kier alpha value is -7.02. The lowest BCUT2D eigenvalue weighted by molar-refractivity contribution is 0.489. The Bertz CT molecular complexity index is 3550. The van der Waals surface area contributed by atoms with E-state index in [0.717, 1.165) is 21.2 Å². The van der Waals surface area contributed by atoms with Crippen LogP contribution in [0.25, 0.3) is 43.1 Å². The van der Waals surface area contributed by atoms with Crippen molar-refractivity contribution >= 4 is 89.2 Å². The van der Waals surface area contributed by atoms with Gasteiger partial charge in [0.1, 0.15) is 11.5 Å². The normalized spacial score (nSPS) is 12.8. The van der Waals surface area contributed by atoms with Gasteiger partial charge < -0.3 is 13.9 Å². The summed E-state index contributed by atoms with van der Waals surface area (Å²) in [7, 11) is -6.63. The summed E-state index contributed by atoms with van der Waals surface area (Å²) in [5.41, 5.74) is 5.97. The Kier molecular flexibility index (Phi) is 13.9. The van der Waals surface area contributed by atoms with Crippen molar-refractivity contribution in [3.8, 4) is 11.5 Å².